The van der Waals surface area contributed by atoms with Crippen LogP contribution in [0.1, 0.15) is 37.2 Å². The molecule has 1 fully saturated rings. The molecule has 1 nitrogen and oxygen atoms in total. The van der Waals surface area contributed by atoms with Gasteiger partial charge in [-0.1, -0.05) is 36.6 Å². The Balaban J connectivity index is 2.20. The zero-order valence-electron chi connectivity index (χ0n) is 8.12. The van der Waals surface area contributed by atoms with Crippen LogP contribution in [0.3, 0.4) is 0 Å². The largest absolute Gasteiger partial charge is 0.392 e. The van der Waals surface area contributed by atoms with E-state index in [9.17, 15) is 5.11 Å². The van der Waals surface area contributed by atoms with Crippen LogP contribution in [-0.2, 0) is 0 Å². The standard InChI is InChI=1S/C12H15ClO/c13-10-5-3-4-9(8-10)11-6-1-2-7-12(11)14/h3-5,8,11-12,14H,1-2,6-7H2/t11-,12+/m1/s1. The van der Waals surface area contributed by atoms with Crippen LogP contribution >= 0.6 is 11.6 Å². The second kappa shape index (κ2) is 4.33. The van der Waals surface area contributed by atoms with Crippen LogP contribution < -0.4 is 0 Å². The van der Waals surface area contributed by atoms with E-state index in [0.717, 1.165) is 24.3 Å². The number of hydrogen-bond acceptors (Lipinski definition) is 1. The molecular formula is C12H15ClO. The van der Waals surface area contributed by atoms with Crippen LogP contribution in [0.2, 0.25) is 5.02 Å². The maximum absolute atomic E-state index is 9.87. The molecule has 0 amide bonds. The van der Waals surface area contributed by atoms with E-state index in [0.29, 0.717) is 5.92 Å². The van der Waals surface area contributed by atoms with Gasteiger partial charge in [-0.2, -0.15) is 0 Å². The van der Waals surface area contributed by atoms with Crippen LogP contribution in [-0.4, -0.2) is 11.2 Å². The highest BCUT2D eigenvalue weighted by Gasteiger charge is 2.24. The average Bonchev–Trinajstić information content (AvgIpc) is 2.18. The molecule has 0 spiro atoms. The number of rotatable bonds is 1. The van der Waals surface area contributed by atoms with Gasteiger partial charge in [0.2, 0.25) is 0 Å². The summed E-state index contributed by atoms with van der Waals surface area (Å²) in [5.74, 6) is 0.294. The van der Waals surface area contributed by atoms with E-state index in [4.69, 9.17) is 11.6 Å². The summed E-state index contributed by atoms with van der Waals surface area (Å²) in [5.41, 5.74) is 1.18. The first-order chi connectivity index (χ1) is 6.77. The van der Waals surface area contributed by atoms with Crippen LogP contribution in [0.15, 0.2) is 24.3 Å². The third kappa shape index (κ3) is 2.10. The van der Waals surface area contributed by atoms with Gasteiger partial charge in [0.15, 0.2) is 0 Å². The summed E-state index contributed by atoms with van der Waals surface area (Å²) in [6, 6.07) is 7.87. The van der Waals surface area contributed by atoms with E-state index < -0.39 is 0 Å². The van der Waals surface area contributed by atoms with Crippen LogP contribution in [0.4, 0.5) is 0 Å². The smallest absolute Gasteiger partial charge is 0.0608 e. The Kier molecular flexibility index (Phi) is 3.09. The molecular weight excluding hydrogens is 196 g/mol. The Morgan fingerprint density at radius 1 is 1.21 bits per heavy atom. The van der Waals surface area contributed by atoms with E-state index in [1.54, 1.807) is 0 Å². The van der Waals surface area contributed by atoms with Crippen molar-refractivity contribution < 1.29 is 5.11 Å². The van der Waals surface area contributed by atoms with E-state index in [1.807, 2.05) is 18.2 Å². The number of aliphatic hydroxyl groups is 1. The van der Waals surface area contributed by atoms with Crippen LogP contribution in [0.25, 0.3) is 0 Å². The zero-order valence-corrected chi connectivity index (χ0v) is 8.87. The molecule has 76 valence electrons. The van der Waals surface area contributed by atoms with Gasteiger partial charge in [-0.05, 0) is 30.5 Å². The molecule has 0 aromatic heterocycles. The fourth-order valence-corrected chi connectivity index (χ4v) is 2.44. The lowest BCUT2D eigenvalue weighted by Gasteiger charge is -2.27. The second-order valence-corrected chi connectivity index (χ2v) is 4.45. The molecule has 2 heteroatoms. The third-order valence-corrected chi connectivity index (χ3v) is 3.24. The molecule has 14 heavy (non-hydrogen) atoms. The van der Waals surface area contributed by atoms with Gasteiger partial charge in [-0.15, -0.1) is 0 Å². The first kappa shape index (κ1) is 10.0. The molecule has 2 rings (SSSR count). The number of halogens is 1. The van der Waals surface area contributed by atoms with Crippen molar-refractivity contribution in [2.45, 2.75) is 37.7 Å². The average molecular weight is 211 g/mol. The molecule has 0 heterocycles. The lowest BCUT2D eigenvalue weighted by molar-refractivity contribution is 0.106. The Morgan fingerprint density at radius 3 is 2.71 bits per heavy atom. The van der Waals surface area contributed by atoms with Crippen molar-refractivity contribution in [3.05, 3.63) is 34.9 Å². The Labute approximate surface area is 89.7 Å². The van der Waals surface area contributed by atoms with Crippen LogP contribution in [0, 0.1) is 0 Å². The maximum Gasteiger partial charge on any atom is 0.0608 e. The Hall–Kier alpha value is -0.530. The summed E-state index contributed by atoms with van der Waals surface area (Å²) in [4.78, 5) is 0. The zero-order chi connectivity index (χ0) is 9.97. The Morgan fingerprint density at radius 2 is 2.00 bits per heavy atom. The first-order valence-electron chi connectivity index (χ1n) is 5.21. The molecule has 1 N–H and O–H groups in total. The molecule has 1 aromatic carbocycles. The Bertz CT molecular complexity index is 311. The molecule has 1 aliphatic carbocycles. The highest BCUT2D eigenvalue weighted by atomic mass is 35.5. The molecule has 1 saturated carbocycles. The van der Waals surface area contributed by atoms with E-state index in [-0.39, 0.29) is 6.10 Å². The van der Waals surface area contributed by atoms with Crippen LogP contribution in [0.5, 0.6) is 0 Å². The van der Waals surface area contributed by atoms with E-state index in [2.05, 4.69) is 6.07 Å². The normalized spacial score (nSPS) is 27.6. The van der Waals surface area contributed by atoms with E-state index >= 15 is 0 Å². The predicted octanol–water partition coefficient (Wildman–Crippen LogP) is 3.36. The minimum Gasteiger partial charge on any atom is -0.392 e. The number of hydrogen-bond donors (Lipinski definition) is 1. The fourth-order valence-electron chi connectivity index (χ4n) is 2.24. The quantitative estimate of drug-likeness (QED) is 0.754. The third-order valence-electron chi connectivity index (χ3n) is 3.01. The lowest BCUT2D eigenvalue weighted by Crippen LogP contribution is -2.22. The van der Waals surface area contributed by atoms with Gasteiger partial charge in [0.05, 0.1) is 6.10 Å². The van der Waals surface area contributed by atoms with Crippen molar-refractivity contribution in [2.75, 3.05) is 0 Å². The SMILES string of the molecule is O[C@H]1CCCC[C@@H]1c1cccc(Cl)c1. The van der Waals surface area contributed by atoms with Gasteiger partial charge < -0.3 is 5.11 Å². The molecule has 2 atom stereocenters. The van der Waals surface area contributed by atoms with Crippen molar-refractivity contribution >= 4 is 11.6 Å². The van der Waals surface area contributed by atoms with Crippen molar-refractivity contribution in [3.63, 3.8) is 0 Å². The van der Waals surface area contributed by atoms with Gasteiger partial charge in [0.25, 0.3) is 0 Å². The molecule has 0 radical (unpaired) electrons. The second-order valence-electron chi connectivity index (χ2n) is 4.01. The van der Waals surface area contributed by atoms with Gasteiger partial charge >= 0.3 is 0 Å². The molecule has 1 aromatic rings. The number of aliphatic hydroxyl groups excluding tert-OH is 1. The molecule has 0 unspecified atom stereocenters. The summed E-state index contributed by atoms with van der Waals surface area (Å²) in [6.45, 7) is 0. The van der Waals surface area contributed by atoms with Crippen molar-refractivity contribution in [1.29, 1.82) is 0 Å². The molecule has 0 bridgehead atoms. The molecule has 0 aliphatic heterocycles. The monoisotopic (exact) mass is 210 g/mol. The van der Waals surface area contributed by atoms with Crippen molar-refractivity contribution in [2.24, 2.45) is 0 Å². The van der Waals surface area contributed by atoms with Gasteiger partial charge in [-0.25, -0.2) is 0 Å². The topological polar surface area (TPSA) is 20.2 Å². The highest BCUT2D eigenvalue weighted by Crippen LogP contribution is 2.33. The predicted molar refractivity (Wildman–Crippen MR) is 58.7 cm³/mol. The summed E-state index contributed by atoms with van der Waals surface area (Å²) in [6.07, 6.45) is 4.20. The summed E-state index contributed by atoms with van der Waals surface area (Å²) in [5, 5.41) is 10.6. The van der Waals surface area contributed by atoms with Gasteiger partial charge in [0, 0.05) is 10.9 Å². The summed E-state index contributed by atoms with van der Waals surface area (Å²) in [7, 11) is 0. The number of benzene rings is 1. The fraction of sp³-hybridized carbons (Fsp3) is 0.500. The summed E-state index contributed by atoms with van der Waals surface area (Å²) < 4.78 is 0. The minimum absolute atomic E-state index is 0.179. The van der Waals surface area contributed by atoms with Gasteiger partial charge in [-0.3, -0.25) is 0 Å². The van der Waals surface area contributed by atoms with E-state index in [1.165, 1.54) is 12.0 Å². The maximum atomic E-state index is 9.87. The molecule has 1 aliphatic rings. The van der Waals surface area contributed by atoms with Crippen molar-refractivity contribution in [1.82, 2.24) is 0 Å². The lowest BCUT2D eigenvalue weighted by atomic mass is 9.82. The highest BCUT2D eigenvalue weighted by molar-refractivity contribution is 6.30. The van der Waals surface area contributed by atoms with Gasteiger partial charge in [0.1, 0.15) is 0 Å². The molecule has 0 saturated heterocycles. The summed E-state index contributed by atoms with van der Waals surface area (Å²) >= 11 is 5.93. The first-order valence-corrected chi connectivity index (χ1v) is 5.59. The minimum atomic E-state index is -0.179. The van der Waals surface area contributed by atoms with Crippen molar-refractivity contribution in [3.8, 4) is 0 Å².